The van der Waals surface area contributed by atoms with Crippen molar-refractivity contribution in [2.45, 2.75) is 25.1 Å². The SMILES string of the molecule is Cc1ccc(N2C(=O)C(Cc3ccc(F)cc3)S/C2=C(/C#N)C(=O)NCc2ccccc2)cc1. The Hall–Kier alpha value is -3.89. The molecular formula is C27H22FN3O2S. The first-order valence-corrected chi connectivity index (χ1v) is 11.6. The van der Waals surface area contributed by atoms with E-state index in [1.807, 2.05) is 55.5 Å². The van der Waals surface area contributed by atoms with Crippen LogP contribution < -0.4 is 10.2 Å². The largest absolute Gasteiger partial charge is 0.347 e. The molecule has 0 radical (unpaired) electrons. The van der Waals surface area contributed by atoms with E-state index in [-0.39, 0.29) is 23.8 Å². The molecule has 2 amide bonds. The van der Waals surface area contributed by atoms with Crippen LogP contribution in [0.2, 0.25) is 0 Å². The molecular weight excluding hydrogens is 449 g/mol. The summed E-state index contributed by atoms with van der Waals surface area (Å²) >= 11 is 1.19. The lowest BCUT2D eigenvalue weighted by atomic mass is 10.1. The minimum atomic E-state index is -0.549. The Morgan fingerprint density at radius 1 is 1.03 bits per heavy atom. The van der Waals surface area contributed by atoms with Crippen LogP contribution >= 0.6 is 11.8 Å². The van der Waals surface area contributed by atoms with Crippen LogP contribution in [0.15, 0.2) is 89.5 Å². The fourth-order valence-corrected chi connectivity index (χ4v) is 4.93. The van der Waals surface area contributed by atoms with Crippen LogP contribution in [0.5, 0.6) is 0 Å². The number of thioether (sulfide) groups is 1. The summed E-state index contributed by atoms with van der Waals surface area (Å²) in [4.78, 5) is 27.9. The van der Waals surface area contributed by atoms with E-state index in [4.69, 9.17) is 0 Å². The number of amides is 2. The third-order valence-electron chi connectivity index (χ3n) is 5.43. The molecule has 7 heteroatoms. The van der Waals surface area contributed by atoms with Crippen LogP contribution in [-0.4, -0.2) is 17.1 Å². The number of anilines is 1. The van der Waals surface area contributed by atoms with E-state index in [9.17, 15) is 19.2 Å². The topological polar surface area (TPSA) is 73.2 Å². The van der Waals surface area contributed by atoms with E-state index in [0.717, 1.165) is 16.7 Å². The van der Waals surface area contributed by atoms with E-state index in [1.54, 1.807) is 24.3 Å². The van der Waals surface area contributed by atoms with Gasteiger partial charge in [0.05, 0.1) is 5.25 Å². The van der Waals surface area contributed by atoms with Gasteiger partial charge < -0.3 is 5.32 Å². The molecule has 4 rings (SSSR count). The summed E-state index contributed by atoms with van der Waals surface area (Å²) in [5, 5.41) is 12.4. The van der Waals surface area contributed by atoms with Gasteiger partial charge in [-0.05, 0) is 48.7 Å². The molecule has 1 aliphatic heterocycles. The number of benzene rings is 3. The molecule has 1 atom stereocenters. The van der Waals surface area contributed by atoms with E-state index < -0.39 is 11.2 Å². The molecule has 5 nitrogen and oxygen atoms in total. The molecule has 1 fully saturated rings. The van der Waals surface area contributed by atoms with Gasteiger partial charge in [0.15, 0.2) is 0 Å². The number of rotatable bonds is 6. The van der Waals surface area contributed by atoms with E-state index in [0.29, 0.717) is 17.1 Å². The maximum Gasteiger partial charge on any atom is 0.264 e. The van der Waals surface area contributed by atoms with E-state index in [2.05, 4.69) is 5.32 Å². The van der Waals surface area contributed by atoms with Crippen LogP contribution in [0.4, 0.5) is 10.1 Å². The number of carbonyl (C=O) groups is 2. The number of nitrogens with zero attached hydrogens (tertiary/aromatic N) is 2. The Kier molecular flexibility index (Phi) is 7.09. The highest BCUT2D eigenvalue weighted by atomic mass is 32.2. The van der Waals surface area contributed by atoms with E-state index >= 15 is 0 Å². The molecule has 170 valence electrons. The molecule has 1 aliphatic rings. The zero-order valence-corrected chi connectivity index (χ0v) is 19.3. The van der Waals surface area contributed by atoms with Crippen molar-refractivity contribution >= 4 is 29.3 Å². The quantitative estimate of drug-likeness (QED) is 0.411. The number of nitriles is 1. The summed E-state index contributed by atoms with van der Waals surface area (Å²) in [5.41, 5.74) is 3.19. The second-order valence-corrected chi connectivity index (χ2v) is 9.10. The highest BCUT2D eigenvalue weighted by Crippen LogP contribution is 2.42. The second-order valence-electron chi connectivity index (χ2n) is 7.91. The van der Waals surface area contributed by atoms with Crippen LogP contribution in [0.25, 0.3) is 0 Å². The molecule has 3 aromatic carbocycles. The summed E-state index contributed by atoms with van der Waals surface area (Å²) in [6.45, 7) is 2.20. The molecule has 34 heavy (non-hydrogen) atoms. The number of nitrogens with one attached hydrogen (secondary N) is 1. The third-order valence-corrected chi connectivity index (χ3v) is 6.69. The maximum absolute atomic E-state index is 13.5. The van der Waals surface area contributed by atoms with Crippen LogP contribution in [0.1, 0.15) is 16.7 Å². The minimum absolute atomic E-state index is 0.114. The number of hydrogen-bond acceptors (Lipinski definition) is 4. The van der Waals surface area contributed by atoms with Crippen molar-refractivity contribution in [2.75, 3.05) is 4.90 Å². The monoisotopic (exact) mass is 471 g/mol. The van der Waals surface area contributed by atoms with Gasteiger partial charge in [0.2, 0.25) is 5.91 Å². The van der Waals surface area contributed by atoms with Crippen LogP contribution in [-0.2, 0) is 22.6 Å². The fraction of sp³-hybridized carbons (Fsp3) is 0.148. The minimum Gasteiger partial charge on any atom is -0.347 e. The Morgan fingerprint density at radius 2 is 1.71 bits per heavy atom. The molecule has 0 aliphatic carbocycles. The number of aryl methyl sites for hydroxylation is 1. The molecule has 0 bridgehead atoms. The predicted octanol–water partition coefficient (Wildman–Crippen LogP) is 4.88. The van der Waals surface area contributed by atoms with Crippen LogP contribution in [0.3, 0.4) is 0 Å². The van der Waals surface area contributed by atoms with Gasteiger partial charge in [0.1, 0.15) is 22.5 Å². The van der Waals surface area contributed by atoms with Crippen molar-refractivity contribution in [1.29, 1.82) is 5.26 Å². The Labute approximate surface area is 201 Å². The zero-order chi connectivity index (χ0) is 24.1. The van der Waals surface area contributed by atoms with Gasteiger partial charge in [-0.2, -0.15) is 5.26 Å². The highest BCUT2D eigenvalue weighted by Gasteiger charge is 2.40. The van der Waals surface area contributed by atoms with Gasteiger partial charge in [0, 0.05) is 12.2 Å². The van der Waals surface area contributed by atoms with Crippen molar-refractivity contribution in [3.8, 4) is 6.07 Å². The van der Waals surface area contributed by atoms with Crippen molar-refractivity contribution < 1.29 is 14.0 Å². The van der Waals surface area contributed by atoms with E-state index in [1.165, 1.54) is 28.8 Å². The normalized spacial score (nSPS) is 16.8. The predicted molar refractivity (Wildman–Crippen MR) is 131 cm³/mol. The molecule has 3 aromatic rings. The van der Waals surface area contributed by atoms with Gasteiger partial charge in [-0.25, -0.2) is 4.39 Å². The molecule has 1 saturated heterocycles. The lowest BCUT2D eigenvalue weighted by Gasteiger charge is -2.19. The summed E-state index contributed by atoms with van der Waals surface area (Å²) in [6.07, 6.45) is 0.347. The fourth-order valence-electron chi connectivity index (χ4n) is 3.62. The smallest absolute Gasteiger partial charge is 0.264 e. The Bertz CT molecular complexity index is 1270. The first-order valence-electron chi connectivity index (χ1n) is 10.7. The summed E-state index contributed by atoms with van der Waals surface area (Å²) in [7, 11) is 0. The first-order chi connectivity index (χ1) is 16.5. The van der Waals surface area contributed by atoms with Gasteiger partial charge >= 0.3 is 0 Å². The summed E-state index contributed by atoms with van der Waals surface area (Å²) in [6, 6.07) is 24.7. The number of halogens is 1. The highest BCUT2D eigenvalue weighted by molar-refractivity contribution is 8.05. The van der Waals surface area contributed by atoms with Gasteiger partial charge in [-0.1, -0.05) is 71.9 Å². The van der Waals surface area contributed by atoms with Gasteiger partial charge in [-0.15, -0.1) is 0 Å². The van der Waals surface area contributed by atoms with Crippen molar-refractivity contribution in [1.82, 2.24) is 5.32 Å². The number of carbonyl (C=O) groups excluding carboxylic acids is 2. The molecule has 0 spiro atoms. The average Bonchev–Trinajstić information content (AvgIpc) is 3.16. The standard InChI is InChI=1S/C27H22FN3O2S/c1-18-7-13-22(14-8-18)31-26(33)24(15-19-9-11-21(28)12-10-19)34-27(31)23(16-29)25(32)30-17-20-5-3-2-4-6-20/h2-14,24H,15,17H2,1H3,(H,30,32)/b27-23-. The van der Waals surface area contributed by atoms with Crippen molar-refractivity contribution in [3.05, 3.63) is 112 Å². The number of hydrogen-bond donors (Lipinski definition) is 1. The Morgan fingerprint density at radius 3 is 2.35 bits per heavy atom. The molecule has 1 unspecified atom stereocenters. The summed E-state index contributed by atoms with van der Waals surface area (Å²) < 4.78 is 13.3. The van der Waals surface area contributed by atoms with Gasteiger partial charge in [-0.3, -0.25) is 14.5 Å². The maximum atomic E-state index is 13.5. The summed E-state index contributed by atoms with van der Waals surface area (Å²) in [5.74, 6) is -1.11. The zero-order valence-electron chi connectivity index (χ0n) is 18.5. The second kappa shape index (κ2) is 10.4. The van der Waals surface area contributed by atoms with Crippen LogP contribution in [0, 0.1) is 24.1 Å². The van der Waals surface area contributed by atoms with Crippen molar-refractivity contribution in [3.63, 3.8) is 0 Å². The average molecular weight is 472 g/mol. The molecule has 0 saturated carbocycles. The lowest BCUT2D eigenvalue weighted by Crippen LogP contribution is -2.32. The molecule has 0 aromatic heterocycles. The molecule has 1 N–H and O–H groups in total. The third kappa shape index (κ3) is 5.19. The lowest BCUT2D eigenvalue weighted by molar-refractivity contribution is -0.117. The van der Waals surface area contributed by atoms with Gasteiger partial charge in [0.25, 0.3) is 5.91 Å². The molecule has 1 heterocycles. The van der Waals surface area contributed by atoms with Crippen molar-refractivity contribution in [2.24, 2.45) is 0 Å². The first kappa shape index (κ1) is 23.3. The Balaban J connectivity index is 1.66.